The molecule has 1 unspecified atom stereocenters. The van der Waals surface area contributed by atoms with Crippen LogP contribution in [0.25, 0.3) is 0 Å². The van der Waals surface area contributed by atoms with Crippen molar-refractivity contribution >= 4 is 27.9 Å². The lowest BCUT2D eigenvalue weighted by Crippen LogP contribution is -2.45. The number of carbonyl (C=O) groups is 1. The number of carboxylic acid groups (broad SMARTS) is 1. The molecule has 11 nitrogen and oxygen atoms in total. The summed E-state index contributed by atoms with van der Waals surface area (Å²) in [5.74, 6) is -0.132. The molecule has 3 aromatic rings. The van der Waals surface area contributed by atoms with Crippen molar-refractivity contribution in [3.8, 4) is 11.6 Å². The van der Waals surface area contributed by atoms with E-state index in [0.29, 0.717) is 23.6 Å². The quantitative estimate of drug-likeness (QED) is 0.273. The Hall–Kier alpha value is -3.66. The van der Waals surface area contributed by atoms with Gasteiger partial charge in [0.25, 0.3) is 0 Å². The van der Waals surface area contributed by atoms with E-state index in [9.17, 15) is 31.5 Å². The molecule has 1 atom stereocenters. The number of benzene rings is 1. The molecule has 216 valence electrons. The van der Waals surface area contributed by atoms with E-state index in [0.717, 1.165) is 0 Å². The van der Waals surface area contributed by atoms with Crippen LogP contribution in [0.4, 0.5) is 18.0 Å². The Bertz CT molecular complexity index is 1400. The van der Waals surface area contributed by atoms with Gasteiger partial charge in [-0.05, 0) is 17.7 Å². The molecule has 2 aromatic heterocycles. The van der Waals surface area contributed by atoms with Crippen LogP contribution < -0.4 is 14.2 Å². The first-order chi connectivity index (χ1) is 18.9. The van der Waals surface area contributed by atoms with Crippen LogP contribution >= 0.6 is 11.6 Å². The number of amides is 1. The minimum absolute atomic E-state index is 0.0836. The molecule has 1 aromatic carbocycles. The molecule has 16 heteroatoms. The van der Waals surface area contributed by atoms with Gasteiger partial charge in [0.15, 0.2) is 6.10 Å². The molecule has 3 rings (SSSR count). The van der Waals surface area contributed by atoms with Gasteiger partial charge in [-0.15, -0.1) is 0 Å². The molecule has 0 aliphatic heterocycles. The van der Waals surface area contributed by atoms with Crippen molar-refractivity contribution in [3.63, 3.8) is 0 Å². The summed E-state index contributed by atoms with van der Waals surface area (Å²) < 4.78 is 83.6. The monoisotopic (exact) mass is 604 g/mol. The van der Waals surface area contributed by atoms with Crippen LogP contribution in [0.5, 0.6) is 11.6 Å². The highest BCUT2D eigenvalue weighted by Gasteiger charge is 2.33. The summed E-state index contributed by atoms with van der Waals surface area (Å²) in [5, 5.41) is 9.08. The smallest absolute Gasteiger partial charge is 0.422 e. The van der Waals surface area contributed by atoms with Crippen molar-refractivity contribution in [2.24, 2.45) is 0 Å². The van der Waals surface area contributed by atoms with Gasteiger partial charge >= 0.3 is 22.5 Å². The molecule has 2 heterocycles. The number of aromatic nitrogens is 2. The standard InChI is InChI=1S/C24H24ClF3N4O7S/c1-37-9-10-38-18-7-8-29-20(12-18)21(39-22-19(25)11-17(13-30-22)24(26,27)28)14-31-40(35,36)32(23(33)34)15-16-5-3-2-4-6-16/h2-8,11-13,21,31H,9-10,14-15H2,1H3,(H,33,34). The minimum Gasteiger partial charge on any atom is -0.491 e. The zero-order valence-corrected chi connectivity index (χ0v) is 22.4. The number of alkyl halides is 3. The number of ether oxygens (including phenoxy) is 3. The van der Waals surface area contributed by atoms with Gasteiger partial charge in [-0.25, -0.2) is 9.78 Å². The van der Waals surface area contributed by atoms with E-state index in [2.05, 4.69) is 14.7 Å². The average molecular weight is 605 g/mol. The normalized spacial score (nSPS) is 12.5. The maximum absolute atomic E-state index is 13.0. The number of nitrogens with zero attached hydrogens (tertiary/aromatic N) is 3. The number of hydrogen-bond donors (Lipinski definition) is 2. The van der Waals surface area contributed by atoms with E-state index in [1.807, 2.05) is 0 Å². The van der Waals surface area contributed by atoms with Crippen molar-refractivity contribution in [1.82, 2.24) is 19.0 Å². The van der Waals surface area contributed by atoms with Crippen molar-refractivity contribution in [1.29, 1.82) is 0 Å². The first kappa shape index (κ1) is 30.9. The highest BCUT2D eigenvalue weighted by molar-refractivity contribution is 7.87. The van der Waals surface area contributed by atoms with Crippen molar-refractivity contribution in [3.05, 3.63) is 82.8 Å². The molecule has 1 amide bonds. The Morgan fingerprint density at radius 3 is 2.50 bits per heavy atom. The summed E-state index contributed by atoms with van der Waals surface area (Å²) >= 11 is 5.98. The molecular weight excluding hydrogens is 581 g/mol. The largest absolute Gasteiger partial charge is 0.491 e. The molecular formula is C24H24ClF3N4O7S. The van der Waals surface area contributed by atoms with Crippen LogP contribution in [0.2, 0.25) is 5.02 Å². The third-order valence-electron chi connectivity index (χ3n) is 5.15. The lowest BCUT2D eigenvalue weighted by atomic mass is 10.2. The van der Waals surface area contributed by atoms with E-state index in [1.165, 1.54) is 25.4 Å². The van der Waals surface area contributed by atoms with E-state index in [4.69, 9.17) is 25.8 Å². The number of hydrogen-bond acceptors (Lipinski definition) is 8. The van der Waals surface area contributed by atoms with Gasteiger partial charge in [0, 0.05) is 25.6 Å². The van der Waals surface area contributed by atoms with E-state index in [-0.39, 0.29) is 23.2 Å². The first-order valence-electron chi connectivity index (χ1n) is 11.4. The summed E-state index contributed by atoms with van der Waals surface area (Å²) in [4.78, 5) is 19.6. The molecule has 0 aliphatic rings. The third kappa shape index (κ3) is 8.67. The molecule has 0 fully saturated rings. The van der Waals surface area contributed by atoms with Crippen LogP contribution in [-0.4, -0.2) is 60.8 Å². The van der Waals surface area contributed by atoms with Gasteiger partial charge < -0.3 is 19.3 Å². The van der Waals surface area contributed by atoms with Gasteiger partial charge in [-0.1, -0.05) is 41.9 Å². The zero-order chi connectivity index (χ0) is 29.3. The third-order valence-corrected chi connectivity index (χ3v) is 6.82. The molecule has 2 N–H and O–H groups in total. The van der Waals surface area contributed by atoms with Crippen molar-refractivity contribution in [2.75, 3.05) is 26.9 Å². The number of nitrogens with one attached hydrogen (secondary N) is 1. The highest BCUT2D eigenvalue weighted by atomic mass is 35.5. The Morgan fingerprint density at radius 1 is 1.15 bits per heavy atom. The first-order valence-corrected chi connectivity index (χ1v) is 13.2. The second kappa shape index (κ2) is 13.6. The number of pyridine rings is 2. The Kier molecular flexibility index (Phi) is 10.5. The summed E-state index contributed by atoms with van der Waals surface area (Å²) in [6, 6.07) is 11.5. The topological polar surface area (TPSA) is 140 Å². The summed E-state index contributed by atoms with van der Waals surface area (Å²) in [5.41, 5.74) is -0.626. The van der Waals surface area contributed by atoms with Gasteiger partial charge in [0.1, 0.15) is 17.4 Å². The van der Waals surface area contributed by atoms with Crippen LogP contribution in [-0.2, 0) is 27.7 Å². The molecule has 0 saturated heterocycles. The second-order valence-electron chi connectivity index (χ2n) is 8.00. The molecule has 0 aliphatic carbocycles. The predicted molar refractivity (Wildman–Crippen MR) is 136 cm³/mol. The van der Waals surface area contributed by atoms with E-state index in [1.54, 1.807) is 30.3 Å². The van der Waals surface area contributed by atoms with E-state index < -0.39 is 58.1 Å². The molecule has 0 bridgehead atoms. The molecule has 0 radical (unpaired) electrons. The number of halogens is 4. The van der Waals surface area contributed by atoms with Crippen LogP contribution in [0.15, 0.2) is 60.9 Å². The van der Waals surface area contributed by atoms with Gasteiger partial charge in [-0.3, -0.25) is 4.98 Å². The van der Waals surface area contributed by atoms with Crippen LogP contribution in [0, 0.1) is 0 Å². The van der Waals surface area contributed by atoms with Crippen LogP contribution in [0.3, 0.4) is 0 Å². The zero-order valence-electron chi connectivity index (χ0n) is 20.8. The summed E-state index contributed by atoms with van der Waals surface area (Å²) in [6.07, 6.45) is -5.93. The lowest BCUT2D eigenvalue weighted by molar-refractivity contribution is -0.137. The lowest BCUT2D eigenvalue weighted by Gasteiger charge is -2.23. The Balaban J connectivity index is 1.89. The molecule has 0 spiro atoms. The predicted octanol–water partition coefficient (Wildman–Crippen LogP) is 4.31. The van der Waals surface area contributed by atoms with Gasteiger partial charge in [0.05, 0.1) is 31.0 Å². The molecule has 40 heavy (non-hydrogen) atoms. The second-order valence-corrected chi connectivity index (χ2v) is 10.1. The molecule has 0 saturated carbocycles. The van der Waals surface area contributed by atoms with Crippen LogP contribution in [0.1, 0.15) is 22.9 Å². The van der Waals surface area contributed by atoms with Crippen molar-refractivity contribution in [2.45, 2.75) is 18.8 Å². The van der Waals surface area contributed by atoms with Gasteiger partial charge in [0.2, 0.25) is 5.88 Å². The fourth-order valence-electron chi connectivity index (χ4n) is 3.21. The fourth-order valence-corrected chi connectivity index (χ4v) is 4.46. The maximum atomic E-state index is 13.0. The Morgan fingerprint density at radius 2 is 1.88 bits per heavy atom. The van der Waals surface area contributed by atoms with E-state index >= 15 is 0 Å². The summed E-state index contributed by atoms with van der Waals surface area (Å²) in [7, 11) is -3.17. The summed E-state index contributed by atoms with van der Waals surface area (Å²) in [6.45, 7) is -0.634. The average Bonchev–Trinajstić information content (AvgIpc) is 2.90. The van der Waals surface area contributed by atoms with Crippen molar-refractivity contribution < 1.29 is 45.7 Å². The number of methoxy groups -OCH3 is 1. The Labute approximate surface area is 232 Å². The minimum atomic E-state index is -4.71. The number of rotatable bonds is 13. The van der Waals surface area contributed by atoms with Gasteiger partial charge in [-0.2, -0.15) is 30.6 Å². The fraction of sp³-hybridized carbons (Fsp3) is 0.292. The maximum Gasteiger partial charge on any atom is 0.422 e. The highest BCUT2D eigenvalue weighted by Crippen LogP contribution is 2.34. The SMILES string of the molecule is COCCOc1ccnc(C(CNS(=O)(=O)N(Cc2ccccc2)C(=O)O)Oc2ncc(C(F)(F)F)cc2Cl)c1.